The summed E-state index contributed by atoms with van der Waals surface area (Å²) in [5, 5.41) is 1.23. The van der Waals surface area contributed by atoms with Crippen LogP contribution in [-0.2, 0) is 4.74 Å². The number of ketones is 1. The van der Waals surface area contributed by atoms with Crippen LogP contribution in [0.4, 0.5) is 5.13 Å². The van der Waals surface area contributed by atoms with Gasteiger partial charge in [0.15, 0.2) is 16.6 Å². The molecule has 1 aliphatic heterocycles. The summed E-state index contributed by atoms with van der Waals surface area (Å²) in [6, 6.07) is 0.324. The van der Waals surface area contributed by atoms with Gasteiger partial charge in [-0.3, -0.25) is 4.79 Å². The van der Waals surface area contributed by atoms with E-state index in [-0.39, 0.29) is 18.1 Å². The third kappa shape index (κ3) is 3.40. The maximum Gasteiger partial charge on any atom is 0.358 e. The van der Waals surface area contributed by atoms with E-state index in [1.807, 2.05) is 11.8 Å². The summed E-state index contributed by atoms with van der Waals surface area (Å²) in [7, 11) is 0. The van der Waals surface area contributed by atoms with Gasteiger partial charge >= 0.3 is 5.97 Å². The van der Waals surface area contributed by atoms with Crippen molar-refractivity contribution in [2.75, 3.05) is 23.8 Å². The molecule has 2 heterocycles. The van der Waals surface area contributed by atoms with Crippen molar-refractivity contribution in [1.82, 2.24) is 4.98 Å². The predicted molar refractivity (Wildman–Crippen MR) is 86.8 cm³/mol. The molecule has 21 heavy (non-hydrogen) atoms. The molecular weight excluding hydrogens is 308 g/mol. The van der Waals surface area contributed by atoms with E-state index < -0.39 is 5.97 Å². The Morgan fingerprint density at radius 1 is 1.43 bits per heavy atom. The van der Waals surface area contributed by atoms with Crippen molar-refractivity contribution in [3.05, 3.63) is 10.6 Å². The lowest BCUT2D eigenvalue weighted by Crippen LogP contribution is -2.44. The first-order valence-electron chi connectivity index (χ1n) is 7.02. The molecule has 2 atom stereocenters. The number of aromatic nitrogens is 1. The molecule has 0 aliphatic carbocycles. The molecule has 1 aliphatic rings. The zero-order chi connectivity index (χ0) is 15.6. The van der Waals surface area contributed by atoms with Gasteiger partial charge in [-0.25, -0.2) is 9.78 Å². The van der Waals surface area contributed by atoms with Crippen molar-refractivity contribution in [3.63, 3.8) is 0 Å². The summed E-state index contributed by atoms with van der Waals surface area (Å²) >= 11 is 3.22. The third-order valence-electron chi connectivity index (χ3n) is 3.53. The van der Waals surface area contributed by atoms with Gasteiger partial charge in [0.25, 0.3) is 0 Å². The molecule has 2 unspecified atom stereocenters. The Morgan fingerprint density at radius 2 is 2.14 bits per heavy atom. The summed E-state index contributed by atoms with van der Waals surface area (Å²) in [6.07, 6.45) is 0. The maximum atomic E-state index is 12.0. The second kappa shape index (κ2) is 6.79. The molecule has 1 aromatic heterocycles. The molecule has 7 heteroatoms. The van der Waals surface area contributed by atoms with Crippen LogP contribution in [0.3, 0.4) is 0 Å². The number of thiazole rings is 1. The van der Waals surface area contributed by atoms with Crippen molar-refractivity contribution in [2.24, 2.45) is 0 Å². The number of Topliss-reactive ketones (excluding diaryl/α,β-unsaturated/α-hetero) is 1. The highest BCUT2D eigenvalue weighted by molar-refractivity contribution is 8.00. The first kappa shape index (κ1) is 16.3. The average Bonchev–Trinajstić information content (AvgIpc) is 2.87. The van der Waals surface area contributed by atoms with E-state index in [1.54, 1.807) is 6.92 Å². The summed E-state index contributed by atoms with van der Waals surface area (Å²) in [5.41, 5.74) is 0.155. The van der Waals surface area contributed by atoms with Crippen LogP contribution in [0.1, 0.15) is 47.9 Å². The van der Waals surface area contributed by atoms with Crippen LogP contribution in [0.2, 0.25) is 0 Å². The number of hydrogen-bond acceptors (Lipinski definition) is 7. The van der Waals surface area contributed by atoms with E-state index in [1.165, 1.54) is 18.3 Å². The van der Waals surface area contributed by atoms with E-state index in [0.29, 0.717) is 16.2 Å². The number of ether oxygens (including phenoxy) is 1. The molecular formula is C14H20N2O3S2. The second-order valence-corrected chi connectivity index (χ2v) is 7.42. The smallest absolute Gasteiger partial charge is 0.358 e. The number of nitrogens with zero attached hydrogens (tertiary/aromatic N) is 2. The normalized spacial score (nSPS) is 22.2. The Hall–Kier alpha value is -1.08. The van der Waals surface area contributed by atoms with Crippen LogP contribution >= 0.6 is 23.1 Å². The lowest BCUT2D eigenvalue weighted by atomic mass is 10.2. The first-order chi connectivity index (χ1) is 9.95. The van der Waals surface area contributed by atoms with Gasteiger partial charge in [-0.05, 0) is 13.8 Å². The SMILES string of the molecule is CCOC(=O)c1nc(N2CCSC(C)C2C)sc1C(C)=O. The second-order valence-electron chi connectivity index (χ2n) is 4.96. The minimum Gasteiger partial charge on any atom is -0.461 e. The van der Waals surface area contributed by atoms with Gasteiger partial charge < -0.3 is 9.64 Å². The molecule has 0 amide bonds. The van der Waals surface area contributed by atoms with Gasteiger partial charge in [0.2, 0.25) is 0 Å². The molecule has 1 fully saturated rings. The van der Waals surface area contributed by atoms with E-state index in [0.717, 1.165) is 17.4 Å². The maximum absolute atomic E-state index is 12.0. The van der Waals surface area contributed by atoms with Crippen molar-refractivity contribution in [1.29, 1.82) is 0 Å². The molecule has 0 aromatic carbocycles. The van der Waals surface area contributed by atoms with Gasteiger partial charge in [-0.2, -0.15) is 11.8 Å². The number of carbonyl (C=O) groups excluding carboxylic acids is 2. The number of thioether (sulfide) groups is 1. The van der Waals surface area contributed by atoms with Gasteiger partial charge in [-0.15, -0.1) is 0 Å². The Morgan fingerprint density at radius 3 is 2.76 bits per heavy atom. The number of anilines is 1. The van der Waals surface area contributed by atoms with Crippen molar-refractivity contribution >= 4 is 40.0 Å². The molecule has 1 aromatic rings. The standard InChI is InChI=1S/C14H20N2O3S2/c1-5-19-13(18)11-12(9(3)17)21-14(15-11)16-6-7-20-10(4)8(16)2/h8,10H,5-7H2,1-4H3. The van der Waals surface area contributed by atoms with Gasteiger partial charge in [0.1, 0.15) is 4.88 Å². The molecule has 0 bridgehead atoms. The summed E-state index contributed by atoms with van der Waals surface area (Å²) < 4.78 is 5.00. The zero-order valence-electron chi connectivity index (χ0n) is 12.7. The molecule has 2 rings (SSSR count). The summed E-state index contributed by atoms with van der Waals surface area (Å²) in [4.78, 5) is 30.7. The Labute approximate surface area is 133 Å². The molecule has 0 spiro atoms. The van der Waals surface area contributed by atoms with E-state index >= 15 is 0 Å². The number of hydrogen-bond donors (Lipinski definition) is 0. The van der Waals surface area contributed by atoms with Crippen LogP contribution < -0.4 is 4.90 Å². The van der Waals surface area contributed by atoms with Crippen LogP contribution in [0.25, 0.3) is 0 Å². The van der Waals surface area contributed by atoms with Crippen molar-refractivity contribution in [3.8, 4) is 0 Å². The highest BCUT2D eigenvalue weighted by atomic mass is 32.2. The van der Waals surface area contributed by atoms with Crippen LogP contribution in [-0.4, -0.2) is 46.9 Å². The lowest BCUT2D eigenvalue weighted by molar-refractivity contribution is 0.0517. The fourth-order valence-corrected chi connectivity index (χ4v) is 4.37. The number of esters is 1. The molecule has 0 saturated carbocycles. The van der Waals surface area contributed by atoms with Crippen molar-refractivity contribution in [2.45, 2.75) is 39.0 Å². The lowest BCUT2D eigenvalue weighted by Gasteiger charge is -2.37. The third-order valence-corrected chi connectivity index (χ3v) is 6.07. The van der Waals surface area contributed by atoms with E-state index in [2.05, 4.69) is 23.7 Å². The van der Waals surface area contributed by atoms with Crippen molar-refractivity contribution < 1.29 is 14.3 Å². The Balaban J connectivity index is 2.35. The number of rotatable bonds is 4. The highest BCUT2D eigenvalue weighted by Crippen LogP contribution is 2.33. The van der Waals surface area contributed by atoms with Gasteiger partial charge in [0.05, 0.1) is 6.61 Å². The highest BCUT2D eigenvalue weighted by Gasteiger charge is 2.30. The molecule has 116 valence electrons. The van der Waals surface area contributed by atoms with Crippen LogP contribution in [0, 0.1) is 0 Å². The largest absolute Gasteiger partial charge is 0.461 e. The summed E-state index contributed by atoms with van der Waals surface area (Å²) in [6.45, 7) is 8.69. The molecule has 0 N–H and O–H groups in total. The average molecular weight is 328 g/mol. The van der Waals surface area contributed by atoms with Gasteiger partial charge in [-0.1, -0.05) is 18.3 Å². The van der Waals surface area contributed by atoms with Crippen LogP contribution in [0.5, 0.6) is 0 Å². The summed E-state index contributed by atoms with van der Waals surface area (Å²) in [5.74, 6) is 0.362. The molecule has 5 nitrogen and oxygen atoms in total. The fourth-order valence-electron chi connectivity index (χ4n) is 2.21. The topological polar surface area (TPSA) is 59.5 Å². The van der Waals surface area contributed by atoms with Crippen LogP contribution in [0.15, 0.2) is 0 Å². The molecule has 0 radical (unpaired) electrons. The number of carbonyl (C=O) groups is 2. The quantitative estimate of drug-likeness (QED) is 0.626. The zero-order valence-corrected chi connectivity index (χ0v) is 14.3. The fraction of sp³-hybridized carbons (Fsp3) is 0.643. The Bertz CT molecular complexity index is 544. The van der Waals surface area contributed by atoms with Gasteiger partial charge in [0, 0.05) is 30.5 Å². The van der Waals surface area contributed by atoms with E-state index in [4.69, 9.17) is 4.74 Å². The predicted octanol–water partition coefficient (Wildman–Crippen LogP) is 2.85. The first-order valence-corrected chi connectivity index (χ1v) is 8.89. The van der Waals surface area contributed by atoms with E-state index in [9.17, 15) is 9.59 Å². The minimum atomic E-state index is -0.516. The monoisotopic (exact) mass is 328 g/mol. The Kier molecular flexibility index (Phi) is 5.27. The minimum absolute atomic E-state index is 0.145. The molecule has 1 saturated heterocycles.